The standard InChI is InChI=1S/C22H19N5O3/c1-15-6-4-10-19(23-15)27-21(18-9-5-13-30-18)24-26(22(27)29)14-20(28)25-12-11-16-7-2-3-8-17(16)25/h2-10,13H,11-12,14H2,1H3. The molecule has 150 valence electrons. The van der Waals surface area contributed by atoms with E-state index in [2.05, 4.69) is 10.1 Å². The van der Waals surface area contributed by atoms with Crippen molar-refractivity contribution in [3.63, 3.8) is 0 Å². The second-order valence-electron chi connectivity index (χ2n) is 7.14. The maximum Gasteiger partial charge on any atom is 0.352 e. The van der Waals surface area contributed by atoms with E-state index in [0.29, 0.717) is 23.9 Å². The molecule has 0 spiro atoms. The summed E-state index contributed by atoms with van der Waals surface area (Å²) in [6, 6.07) is 16.6. The summed E-state index contributed by atoms with van der Waals surface area (Å²) in [5, 5.41) is 4.41. The first-order valence-electron chi connectivity index (χ1n) is 9.68. The third kappa shape index (κ3) is 3.02. The van der Waals surface area contributed by atoms with Crippen LogP contribution in [0.2, 0.25) is 0 Å². The number of rotatable bonds is 4. The number of nitrogens with zero attached hydrogens (tertiary/aromatic N) is 5. The van der Waals surface area contributed by atoms with Gasteiger partial charge >= 0.3 is 5.69 Å². The monoisotopic (exact) mass is 401 g/mol. The van der Waals surface area contributed by atoms with Crippen molar-refractivity contribution in [2.75, 3.05) is 11.4 Å². The molecule has 0 atom stereocenters. The van der Waals surface area contributed by atoms with Gasteiger partial charge in [-0.05, 0) is 49.2 Å². The van der Waals surface area contributed by atoms with Gasteiger partial charge in [0.2, 0.25) is 11.7 Å². The highest BCUT2D eigenvalue weighted by atomic mass is 16.3. The lowest BCUT2D eigenvalue weighted by molar-refractivity contribution is -0.119. The molecule has 0 bridgehead atoms. The summed E-state index contributed by atoms with van der Waals surface area (Å²) in [7, 11) is 0. The number of hydrogen-bond acceptors (Lipinski definition) is 5. The average molecular weight is 401 g/mol. The Morgan fingerprint density at radius 2 is 1.97 bits per heavy atom. The van der Waals surface area contributed by atoms with Crippen molar-refractivity contribution in [2.24, 2.45) is 0 Å². The van der Waals surface area contributed by atoms with Crippen LogP contribution in [-0.4, -0.2) is 31.8 Å². The molecule has 0 saturated carbocycles. The number of carbonyl (C=O) groups is 1. The minimum atomic E-state index is -0.444. The number of benzene rings is 1. The predicted octanol–water partition coefficient (Wildman–Crippen LogP) is 2.59. The molecule has 0 saturated heterocycles. The summed E-state index contributed by atoms with van der Waals surface area (Å²) in [5.74, 6) is 0.970. The maximum absolute atomic E-state index is 13.2. The third-order valence-corrected chi connectivity index (χ3v) is 5.16. The first-order chi connectivity index (χ1) is 14.6. The van der Waals surface area contributed by atoms with Gasteiger partial charge in [-0.1, -0.05) is 24.3 Å². The molecule has 5 rings (SSSR count). The van der Waals surface area contributed by atoms with Gasteiger partial charge in [0.25, 0.3) is 0 Å². The predicted molar refractivity (Wildman–Crippen MR) is 111 cm³/mol. The van der Waals surface area contributed by atoms with Crippen LogP contribution in [-0.2, 0) is 17.8 Å². The molecule has 0 aliphatic carbocycles. The Kier molecular flexibility index (Phi) is 4.31. The van der Waals surface area contributed by atoms with Crippen LogP contribution in [0.1, 0.15) is 11.3 Å². The van der Waals surface area contributed by atoms with E-state index in [1.54, 1.807) is 23.1 Å². The van der Waals surface area contributed by atoms with Crippen molar-refractivity contribution in [3.05, 3.63) is 82.6 Å². The van der Waals surface area contributed by atoms with E-state index in [1.807, 2.05) is 43.3 Å². The SMILES string of the molecule is Cc1cccc(-n2c(-c3ccco3)nn(CC(=O)N3CCc4ccccc43)c2=O)n1. The van der Waals surface area contributed by atoms with Gasteiger partial charge in [0.15, 0.2) is 5.76 Å². The lowest BCUT2D eigenvalue weighted by Gasteiger charge is -2.16. The molecule has 0 unspecified atom stereocenters. The molecular weight excluding hydrogens is 382 g/mol. The van der Waals surface area contributed by atoms with Crippen LogP contribution >= 0.6 is 0 Å². The molecule has 8 heteroatoms. The van der Waals surface area contributed by atoms with Crippen molar-refractivity contribution in [3.8, 4) is 17.4 Å². The molecule has 30 heavy (non-hydrogen) atoms. The highest BCUT2D eigenvalue weighted by Gasteiger charge is 2.27. The van der Waals surface area contributed by atoms with Gasteiger partial charge in [0.1, 0.15) is 12.4 Å². The number of furan rings is 1. The fourth-order valence-electron chi connectivity index (χ4n) is 3.75. The topological polar surface area (TPSA) is 86.2 Å². The Balaban J connectivity index is 1.55. The van der Waals surface area contributed by atoms with E-state index in [-0.39, 0.29) is 12.5 Å². The van der Waals surface area contributed by atoms with Gasteiger partial charge in [-0.25, -0.2) is 19.0 Å². The summed E-state index contributed by atoms with van der Waals surface area (Å²) in [6.07, 6.45) is 2.31. The Morgan fingerprint density at radius 1 is 1.10 bits per heavy atom. The number of pyridine rings is 1. The Bertz CT molecular complexity index is 1290. The highest BCUT2D eigenvalue weighted by molar-refractivity contribution is 5.95. The molecule has 0 fully saturated rings. The minimum absolute atomic E-state index is 0.167. The van der Waals surface area contributed by atoms with E-state index in [1.165, 1.54) is 15.5 Å². The number of para-hydroxylation sites is 1. The van der Waals surface area contributed by atoms with Crippen molar-refractivity contribution in [1.82, 2.24) is 19.3 Å². The van der Waals surface area contributed by atoms with Crippen LogP contribution in [0.15, 0.2) is 70.1 Å². The molecule has 1 aromatic carbocycles. The fraction of sp³-hybridized carbons (Fsp3) is 0.182. The highest BCUT2D eigenvalue weighted by Crippen LogP contribution is 2.27. The van der Waals surface area contributed by atoms with Gasteiger partial charge < -0.3 is 9.32 Å². The van der Waals surface area contributed by atoms with Gasteiger partial charge in [-0.2, -0.15) is 0 Å². The van der Waals surface area contributed by atoms with Gasteiger partial charge in [-0.15, -0.1) is 5.10 Å². The quantitative estimate of drug-likeness (QED) is 0.525. The normalized spacial score (nSPS) is 12.9. The second-order valence-corrected chi connectivity index (χ2v) is 7.14. The summed E-state index contributed by atoms with van der Waals surface area (Å²) in [6.45, 7) is 2.28. The van der Waals surface area contributed by atoms with E-state index in [0.717, 1.165) is 23.4 Å². The van der Waals surface area contributed by atoms with Gasteiger partial charge in [0.05, 0.1) is 6.26 Å². The molecule has 0 radical (unpaired) electrons. The third-order valence-electron chi connectivity index (χ3n) is 5.16. The zero-order chi connectivity index (χ0) is 20.7. The Labute approximate surface area is 172 Å². The largest absolute Gasteiger partial charge is 0.461 e. The van der Waals surface area contributed by atoms with Gasteiger partial charge in [-0.3, -0.25) is 4.79 Å². The summed E-state index contributed by atoms with van der Waals surface area (Å²) < 4.78 is 8.02. The molecule has 4 heterocycles. The molecule has 8 nitrogen and oxygen atoms in total. The summed E-state index contributed by atoms with van der Waals surface area (Å²) in [5.41, 5.74) is 2.34. The average Bonchev–Trinajstić information content (AvgIpc) is 3.47. The van der Waals surface area contributed by atoms with Crippen LogP contribution in [0, 0.1) is 6.92 Å². The molecule has 1 aliphatic rings. The fourth-order valence-corrected chi connectivity index (χ4v) is 3.75. The van der Waals surface area contributed by atoms with Crippen LogP contribution in [0.25, 0.3) is 17.4 Å². The minimum Gasteiger partial charge on any atom is -0.461 e. The lowest BCUT2D eigenvalue weighted by atomic mass is 10.2. The molecule has 1 amide bonds. The Hall–Kier alpha value is -3.94. The number of carbonyl (C=O) groups excluding carboxylic acids is 1. The Morgan fingerprint density at radius 3 is 2.77 bits per heavy atom. The number of aryl methyl sites for hydroxylation is 1. The van der Waals surface area contributed by atoms with E-state index < -0.39 is 5.69 Å². The number of anilines is 1. The van der Waals surface area contributed by atoms with Crippen LogP contribution < -0.4 is 10.6 Å². The van der Waals surface area contributed by atoms with Crippen LogP contribution in [0.4, 0.5) is 5.69 Å². The molecule has 4 aromatic rings. The smallest absolute Gasteiger partial charge is 0.352 e. The van der Waals surface area contributed by atoms with Crippen molar-refractivity contribution in [2.45, 2.75) is 19.9 Å². The van der Waals surface area contributed by atoms with E-state index >= 15 is 0 Å². The van der Waals surface area contributed by atoms with E-state index in [9.17, 15) is 9.59 Å². The zero-order valence-electron chi connectivity index (χ0n) is 16.4. The van der Waals surface area contributed by atoms with Crippen molar-refractivity contribution in [1.29, 1.82) is 0 Å². The summed E-state index contributed by atoms with van der Waals surface area (Å²) in [4.78, 5) is 32.4. The lowest BCUT2D eigenvalue weighted by Crippen LogP contribution is -2.36. The molecular formula is C22H19N5O3. The first kappa shape index (κ1) is 18.1. The van der Waals surface area contributed by atoms with Crippen LogP contribution in [0.3, 0.4) is 0 Å². The number of hydrogen-bond donors (Lipinski definition) is 0. The van der Waals surface area contributed by atoms with Crippen LogP contribution in [0.5, 0.6) is 0 Å². The molecule has 1 aliphatic heterocycles. The zero-order valence-corrected chi connectivity index (χ0v) is 16.4. The van der Waals surface area contributed by atoms with Crippen molar-refractivity contribution >= 4 is 11.6 Å². The first-order valence-corrected chi connectivity index (χ1v) is 9.68. The number of aromatic nitrogens is 4. The maximum atomic E-state index is 13.2. The second kappa shape index (κ2) is 7.14. The molecule has 0 N–H and O–H groups in total. The van der Waals surface area contributed by atoms with E-state index in [4.69, 9.17) is 4.42 Å². The molecule has 3 aromatic heterocycles. The van der Waals surface area contributed by atoms with Crippen molar-refractivity contribution < 1.29 is 9.21 Å². The summed E-state index contributed by atoms with van der Waals surface area (Å²) >= 11 is 0. The number of fused-ring (bicyclic) bond motifs is 1. The van der Waals surface area contributed by atoms with Gasteiger partial charge in [0, 0.05) is 17.9 Å². The number of amides is 1.